The molecule has 0 aromatic carbocycles. The second-order valence-corrected chi connectivity index (χ2v) is 3.39. The quantitative estimate of drug-likeness (QED) is 0.460. The summed E-state index contributed by atoms with van der Waals surface area (Å²) in [5, 5.41) is 2.86. The van der Waals surface area contributed by atoms with Crippen LogP contribution < -0.4 is 21.3 Å². The minimum Gasteiger partial charge on any atom is -0.490 e. The number of anilines is 2. The van der Waals surface area contributed by atoms with E-state index in [0.29, 0.717) is 17.4 Å². The first-order chi connectivity index (χ1) is 8.10. The van der Waals surface area contributed by atoms with E-state index < -0.39 is 0 Å². The number of aromatic nitrogens is 2. The summed E-state index contributed by atoms with van der Waals surface area (Å²) in [5.74, 6) is 6.32. The Hall–Kier alpha value is -2.09. The number of hydrogen-bond acceptors (Lipinski definition) is 7. The Labute approximate surface area is 99.1 Å². The number of nitrogens with zero attached hydrogens (tertiary/aromatic N) is 3. The summed E-state index contributed by atoms with van der Waals surface area (Å²) in [7, 11) is 4.82. The van der Waals surface area contributed by atoms with Crippen molar-refractivity contribution in [2.45, 2.75) is 0 Å². The van der Waals surface area contributed by atoms with Crippen molar-refractivity contribution < 1.29 is 9.53 Å². The molecule has 0 radical (unpaired) electrons. The van der Waals surface area contributed by atoms with Gasteiger partial charge in [-0.2, -0.15) is 0 Å². The number of hydrazine groups is 1. The molecular weight excluding hydrogens is 224 g/mol. The van der Waals surface area contributed by atoms with E-state index >= 15 is 0 Å². The van der Waals surface area contributed by atoms with Crippen LogP contribution in [0.1, 0.15) is 0 Å². The number of carbonyl (C=O) groups excluding carboxylic acids is 1. The van der Waals surface area contributed by atoms with Crippen LogP contribution >= 0.6 is 0 Å². The molecule has 0 unspecified atom stereocenters. The Bertz CT molecular complexity index is 395. The molecule has 8 heteroatoms. The lowest BCUT2D eigenvalue weighted by Crippen LogP contribution is -2.29. The van der Waals surface area contributed by atoms with Gasteiger partial charge in [-0.3, -0.25) is 4.79 Å². The van der Waals surface area contributed by atoms with E-state index in [-0.39, 0.29) is 12.5 Å². The number of likely N-dealkylation sites (N-methyl/N-ethyl adjacent to an activating group) is 1. The number of amides is 1. The highest BCUT2D eigenvalue weighted by Crippen LogP contribution is 2.27. The van der Waals surface area contributed by atoms with Crippen molar-refractivity contribution >= 4 is 17.5 Å². The molecule has 0 saturated heterocycles. The fourth-order valence-electron chi connectivity index (χ4n) is 1.11. The molecule has 0 spiro atoms. The Balaban J connectivity index is 2.80. The SMILES string of the molecule is COc1c(NN)ncnc1NCC(=O)N(C)C. The molecule has 1 amide bonds. The fraction of sp³-hybridized carbons (Fsp3) is 0.444. The third kappa shape index (κ3) is 3.18. The molecule has 0 atom stereocenters. The zero-order chi connectivity index (χ0) is 12.8. The molecule has 0 fully saturated rings. The van der Waals surface area contributed by atoms with Gasteiger partial charge < -0.3 is 20.4 Å². The smallest absolute Gasteiger partial charge is 0.241 e. The van der Waals surface area contributed by atoms with Gasteiger partial charge in [-0.25, -0.2) is 15.8 Å². The normalized spacial score (nSPS) is 9.65. The Kier molecular flexibility index (Phi) is 4.46. The Morgan fingerprint density at radius 1 is 1.47 bits per heavy atom. The van der Waals surface area contributed by atoms with Crippen LogP contribution in [0.25, 0.3) is 0 Å². The van der Waals surface area contributed by atoms with Crippen LogP contribution in [0.2, 0.25) is 0 Å². The molecule has 1 rings (SSSR count). The monoisotopic (exact) mass is 240 g/mol. The third-order valence-electron chi connectivity index (χ3n) is 2.05. The third-order valence-corrected chi connectivity index (χ3v) is 2.05. The van der Waals surface area contributed by atoms with E-state index in [1.54, 1.807) is 14.1 Å². The van der Waals surface area contributed by atoms with Crippen LogP contribution in [0.15, 0.2) is 6.33 Å². The number of nitrogens with two attached hydrogens (primary N) is 1. The summed E-state index contributed by atoms with van der Waals surface area (Å²) in [6.07, 6.45) is 1.32. The van der Waals surface area contributed by atoms with E-state index in [9.17, 15) is 4.79 Å². The van der Waals surface area contributed by atoms with Gasteiger partial charge in [-0.1, -0.05) is 0 Å². The van der Waals surface area contributed by atoms with Crippen LogP contribution in [0.4, 0.5) is 11.6 Å². The number of rotatable bonds is 5. The molecular formula is C9H16N6O2. The fourth-order valence-corrected chi connectivity index (χ4v) is 1.11. The van der Waals surface area contributed by atoms with Gasteiger partial charge in [0, 0.05) is 14.1 Å². The van der Waals surface area contributed by atoms with Gasteiger partial charge >= 0.3 is 0 Å². The number of nitrogen functional groups attached to an aromatic ring is 1. The number of hydrogen-bond donors (Lipinski definition) is 3. The Morgan fingerprint density at radius 2 is 2.12 bits per heavy atom. The van der Waals surface area contributed by atoms with Crippen LogP contribution in [0.3, 0.4) is 0 Å². The predicted molar refractivity (Wildman–Crippen MR) is 63.6 cm³/mol. The molecule has 0 aliphatic heterocycles. The molecule has 0 saturated carbocycles. The molecule has 0 aliphatic carbocycles. The molecule has 8 nitrogen and oxygen atoms in total. The summed E-state index contributed by atoms with van der Waals surface area (Å²) in [5.41, 5.74) is 2.39. The second kappa shape index (κ2) is 5.85. The zero-order valence-electron chi connectivity index (χ0n) is 10.0. The van der Waals surface area contributed by atoms with Crippen molar-refractivity contribution in [2.24, 2.45) is 5.84 Å². The van der Waals surface area contributed by atoms with Gasteiger partial charge in [0.1, 0.15) is 6.33 Å². The van der Waals surface area contributed by atoms with Crippen LogP contribution in [-0.4, -0.2) is 48.5 Å². The highest BCUT2D eigenvalue weighted by atomic mass is 16.5. The van der Waals surface area contributed by atoms with Crippen molar-refractivity contribution in [3.8, 4) is 5.75 Å². The molecule has 94 valence electrons. The molecule has 1 heterocycles. The zero-order valence-corrected chi connectivity index (χ0v) is 10.0. The lowest BCUT2D eigenvalue weighted by molar-refractivity contribution is -0.126. The topological polar surface area (TPSA) is 105 Å². The maximum Gasteiger partial charge on any atom is 0.241 e. The van der Waals surface area contributed by atoms with Crippen LogP contribution in [-0.2, 0) is 4.79 Å². The summed E-state index contributed by atoms with van der Waals surface area (Å²) >= 11 is 0. The van der Waals surface area contributed by atoms with Crippen LogP contribution in [0.5, 0.6) is 5.75 Å². The Morgan fingerprint density at radius 3 is 2.65 bits per heavy atom. The largest absolute Gasteiger partial charge is 0.490 e. The lowest BCUT2D eigenvalue weighted by atomic mass is 10.4. The van der Waals surface area contributed by atoms with Crippen molar-refractivity contribution in [1.82, 2.24) is 14.9 Å². The van der Waals surface area contributed by atoms with Crippen molar-refractivity contribution in [3.05, 3.63) is 6.33 Å². The van der Waals surface area contributed by atoms with Crippen molar-refractivity contribution in [2.75, 3.05) is 38.5 Å². The summed E-state index contributed by atoms with van der Waals surface area (Å²) in [6.45, 7) is 0.115. The number of methoxy groups -OCH3 is 1. The highest BCUT2D eigenvalue weighted by molar-refractivity contribution is 5.81. The van der Waals surface area contributed by atoms with Gasteiger partial charge in [0.2, 0.25) is 11.7 Å². The summed E-state index contributed by atoms with van der Waals surface area (Å²) < 4.78 is 5.11. The molecule has 0 aliphatic rings. The van der Waals surface area contributed by atoms with Gasteiger partial charge in [0.25, 0.3) is 0 Å². The van der Waals surface area contributed by atoms with Crippen LogP contribution in [0, 0.1) is 0 Å². The van der Waals surface area contributed by atoms with E-state index in [4.69, 9.17) is 10.6 Å². The maximum absolute atomic E-state index is 11.4. The van der Waals surface area contributed by atoms with Gasteiger partial charge in [0.15, 0.2) is 11.6 Å². The molecule has 1 aromatic rings. The van der Waals surface area contributed by atoms with E-state index in [0.717, 1.165) is 0 Å². The lowest BCUT2D eigenvalue weighted by Gasteiger charge is -2.14. The molecule has 1 aromatic heterocycles. The van der Waals surface area contributed by atoms with E-state index in [2.05, 4.69) is 20.7 Å². The van der Waals surface area contributed by atoms with E-state index in [1.807, 2.05) is 0 Å². The van der Waals surface area contributed by atoms with Gasteiger partial charge in [0.05, 0.1) is 13.7 Å². The van der Waals surface area contributed by atoms with Gasteiger partial charge in [-0.15, -0.1) is 0 Å². The van der Waals surface area contributed by atoms with Crippen molar-refractivity contribution in [1.29, 1.82) is 0 Å². The highest BCUT2D eigenvalue weighted by Gasteiger charge is 2.12. The number of carbonyl (C=O) groups is 1. The first-order valence-electron chi connectivity index (χ1n) is 4.89. The van der Waals surface area contributed by atoms with Crippen molar-refractivity contribution in [3.63, 3.8) is 0 Å². The average Bonchev–Trinajstić information content (AvgIpc) is 2.34. The maximum atomic E-state index is 11.4. The minimum atomic E-state index is -0.0760. The average molecular weight is 240 g/mol. The summed E-state index contributed by atoms with van der Waals surface area (Å²) in [4.78, 5) is 20.7. The molecule has 17 heavy (non-hydrogen) atoms. The second-order valence-electron chi connectivity index (χ2n) is 3.39. The standard InChI is InChI=1S/C9H16N6O2/c1-15(2)6(16)4-11-8-7(17-3)9(14-10)13-5-12-8/h5H,4,10H2,1-3H3,(H2,11,12,13,14). The first kappa shape index (κ1) is 13.0. The summed E-state index contributed by atoms with van der Waals surface area (Å²) in [6, 6.07) is 0. The number of ether oxygens (including phenoxy) is 1. The molecule has 0 bridgehead atoms. The number of nitrogens with one attached hydrogen (secondary N) is 2. The van der Waals surface area contributed by atoms with Gasteiger partial charge in [-0.05, 0) is 0 Å². The molecule has 4 N–H and O–H groups in total. The first-order valence-corrected chi connectivity index (χ1v) is 4.89. The predicted octanol–water partition coefficient (Wildman–Crippen LogP) is -0.729. The minimum absolute atomic E-state index is 0.0760. The van der Waals surface area contributed by atoms with E-state index in [1.165, 1.54) is 18.3 Å².